The Balaban J connectivity index is 2.75. The quantitative estimate of drug-likeness (QED) is 0.474. The van der Waals surface area contributed by atoms with Gasteiger partial charge < -0.3 is 14.7 Å². The van der Waals surface area contributed by atoms with Gasteiger partial charge in [0.2, 0.25) is 0 Å². The standard InChI is InChI=1S/C12H17NO3/c1-9(13-14)4-5-10-6-7-11(15-2)12(8-10)16-3/h6-8,14H,4-5H2,1-3H3/b13-9+. The van der Waals surface area contributed by atoms with E-state index in [0.717, 1.165) is 35.6 Å². The molecule has 0 aliphatic rings. The van der Waals surface area contributed by atoms with Crippen molar-refractivity contribution in [2.75, 3.05) is 14.2 Å². The molecule has 0 bridgehead atoms. The van der Waals surface area contributed by atoms with Crippen LogP contribution in [0.5, 0.6) is 11.5 Å². The van der Waals surface area contributed by atoms with E-state index in [1.54, 1.807) is 21.1 Å². The minimum absolute atomic E-state index is 0.717. The SMILES string of the molecule is COc1ccc(CC/C(C)=N/O)cc1OC. The van der Waals surface area contributed by atoms with Crippen LogP contribution in [-0.2, 0) is 6.42 Å². The molecular weight excluding hydrogens is 206 g/mol. The Labute approximate surface area is 95.5 Å². The van der Waals surface area contributed by atoms with E-state index in [1.807, 2.05) is 18.2 Å². The van der Waals surface area contributed by atoms with Gasteiger partial charge in [0, 0.05) is 0 Å². The Morgan fingerprint density at radius 2 is 1.94 bits per heavy atom. The molecule has 0 atom stereocenters. The number of aryl methyl sites for hydroxylation is 1. The lowest BCUT2D eigenvalue weighted by molar-refractivity contribution is 0.317. The number of hydrogen-bond acceptors (Lipinski definition) is 4. The van der Waals surface area contributed by atoms with Gasteiger partial charge in [0.25, 0.3) is 0 Å². The van der Waals surface area contributed by atoms with Gasteiger partial charge in [-0.1, -0.05) is 11.2 Å². The lowest BCUT2D eigenvalue weighted by Gasteiger charge is -2.09. The number of oxime groups is 1. The first kappa shape index (κ1) is 12.4. The third kappa shape index (κ3) is 3.15. The van der Waals surface area contributed by atoms with Crippen molar-refractivity contribution in [2.45, 2.75) is 19.8 Å². The van der Waals surface area contributed by atoms with Crippen LogP contribution in [0.25, 0.3) is 0 Å². The highest BCUT2D eigenvalue weighted by Crippen LogP contribution is 2.27. The molecular formula is C12H17NO3. The topological polar surface area (TPSA) is 51.0 Å². The molecule has 0 spiro atoms. The Morgan fingerprint density at radius 1 is 1.25 bits per heavy atom. The van der Waals surface area contributed by atoms with Crippen molar-refractivity contribution in [3.05, 3.63) is 23.8 Å². The van der Waals surface area contributed by atoms with Crippen LogP contribution in [0, 0.1) is 0 Å². The Bertz CT molecular complexity index is 375. The van der Waals surface area contributed by atoms with Gasteiger partial charge >= 0.3 is 0 Å². The van der Waals surface area contributed by atoms with Gasteiger partial charge in [-0.15, -0.1) is 0 Å². The summed E-state index contributed by atoms with van der Waals surface area (Å²) in [6.07, 6.45) is 1.54. The maximum Gasteiger partial charge on any atom is 0.160 e. The molecule has 88 valence electrons. The summed E-state index contributed by atoms with van der Waals surface area (Å²) in [6.45, 7) is 1.79. The van der Waals surface area contributed by atoms with Crippen LogP contribution in [0.15, 0.2) is 23.4 Å². The zero-order chi connectivity index (χ0) is 12.0. The number of nitrogens with zero attached hydrogens (tertiary/aromatic N) is 1. The number of ether oxygens (including phenoxy) is 2. The molecule has 1 aromatic rings. The fraction of sp³-hybridized carbons (Fsp3) is 0.417. The summed E-state index contributed by atoms with van der Waals surface area (Å²) in [7, 11) is 3.22. The average Bonchev–Trinajstić information content (AvgIpc) is 2.35. The van der Waals surface area contributed by atoms with Crippen LogP contribution in [0.3, 0.4) is 0 Å². The Morgan fingerprint density at radius 3 is 2.50 bits per heavy atom. The minimum atomic E-state index is 0.717. The van der Waals surface area contributed by atoms with Crippen LogP contribution in [0.1, 0.15) is 18.9 Å². The van der Waals surface area contributed by atoms with Crippen LogP contribution >= 0.6 is 0 Å². The van der Waals surface area contributed by atoms with Gasteiger partial charge in [-0.25, -0.2) is 0 Å². The fourth-order valence-corrected chi connectivity index (χ4v) is 1.41. The Kier molecular flexibility index (Phi) is 4.64. The van der Waals surface area contributed by atoms with Crippen molar-refractivity contribution < 1.29 is 14.7 Å². The first-order valence-corrected chi connectivity index (χ1v) is 5.09. The lowest BCUT2D eigenvalue weighted by atomic mass is 10.1. The van der Waals surface area contributed by atoms with Crippen molar-refractivity contribution in [1.82, 2.24) is 0 Å². The third-order valence-corrected chi connectivity index (χ3v) is 2.39. The summed E-state index contributed by atoms with van der Waals surface area (Å²) in [6, 6.07) is 5.79. The van der Waals surface area contributed by atoms with Crippen LogP contribution in [0.4, 0.5) is 0 Å². The molecule has 1 aromatic carbocycles. The summed E-state index contributed by atoms with van der Waals surface area (Å²) < 4.78 is 10.4. The molecule has 1 rings (SSSR count). The van der Waals surface area contributed by atoms with Gasteiger partial charge in [-0.05, 0) is 37.5 Å². The summed E-state index contributed by atoms with van der Waals surface area (Å²) in [5.74, 6) is 1.44. The average molecular weight is 223 g/mol. The second-order valence-corrected chi connectivity index (χ2v) is 3.52. The maximum atomic E-state index is 8.54. The molecule has 4 nitrogen and oxygen atoms in total. The normalized spacial score (nSPS) is 11.3. The monoisotopic (exact) mass is 223 g/mol. The molecule has 0 saturated carbocycles. The second kappa shape index (κ2) is 6.00. The van der Waals surface area contributed by atoms with Gasteiger partial charge in [0.05, 0.1) is 19.9 Å². The van der Waals surface area contributed by atoms with Crippen LogP contribution in [0.2, 0.25) is 0 Å². The third-order valence-electron chi connectivity index (χ3n) is 2.39. The molecule has 0 aliphatic carbocycles. The highest BCUT2D eigenvalue weighted by Gasteiger charge is 2.04. The van der Waals surface area contributed by atoms with Crippen LogP contribution < -0.4 is 9.47 Å². The predicted octanol–water partition coefficient (Wildman–Crippen LogP) is 2.49. The lowest BCUT2D eigenvalue weighted by Crippen LogP contribution is -1.97. The van der Waals surface area contributed by atoms with E-state index in [9.17, 15) is 0 Å². The Hall–Kier alpha value is -1.71. The van der Waals surface area contributed by atoms with Crippen molar-refractivity contribution in [3.63, 3.8) is 0 Å². The van der Waals surface area contributed by atoms with E-state index in [2.05, 4.69) is 5.16 Å². The highest BCUT2D eigenvalue weighted by molar-refractivity contribution is 5.81. The first-order valence-electron chi connectivity index (χ1n) is 5.09. The van der Waals surface area contributed by atoms with E-state index in [1.165, 1.54) is 0 Å². The number of rotatable bonds is 5. The maximum absolute atomic E-state index is 8.54. The second-order valence-electron chi connectivity index (χ2n) is 3.52. The molecule has 16 heavy (non-hydrogen) atoms. The van der Waals surface area contributed by atoms with E-state index in [4.69, 9.17) is 14.7 Å². The minimum Gasteiger partial charge on any atom is -0.493 e. The highest BCUT2D eigenvalue weighted by atomic mass is 16.5. The van der Waals surface area contributed by atoms with Crippen molar-refractivity contribution >= 4 is 5.71 Å². The van der Waals surface area contributed by atoms with E-state index < -0.39 is 0 Å². The molecule has 0 aromatic heterocycles. The summed E-state index contributed by atoms with van der Waals surface area (Å²) in [5.41, 5.74) is 1.84. The van der Waals surface area contributed by atoms with Gasteiger partial charge in [-0.3, -0.25) is 0 Å². The molecule has 1 N–H and O–H groups in total. The van der Waals surface area contributed by atoms with E-state index >= 15 is 0 Å². The largest absolute Gasteiger partial charge is 0.493 e. The first-order chi connectivity index (χ1) is 7.71. The number of methoxy groups -OCH3 is 2. The van der Waals surface area contributed by atoms with Gasteiger partial charge in [-0.2, -0.15) is 0 Å². The molecule has 0 radical (unpaired) electrons. The summed E-state index contributed by atoms with van der Waals surface area (Å²) in [4.78, 5) is 0. The van der Waals surface area contributed by atoms with Crippen molar-refractivity contribution in [2.24, 2.45) is 5.16 Å². The summed E-state index contributed by atoms with van der Waals surface area (Å²) in [5, 5.41) is 11.7. The molecule has 0 heterocycles. The zero-order valence-corrected chi connectivity index (χ0v) is 9.86. The van der Waals surface area contributed by atoms with Gasteiger partial charge in [0.1, 0.15) is 0 Å². The molecule has 4 heteroatoms. The summed E-state index contributed by atoms with van der Waals surface area (Å²) >= 11 is 0. The van der Waals surface area contributed by atoms with Crippen LogP contribution in [-0.4, -0.2) is 25.1 Å². The van der Waals surface area contributed by atoms with Gasteiger partial charge in [0.15, 0.2) is 11.5 Å². The zero-order valence-electron chi connectivity index (χ0n) is 9.86. The number of benzene rings is 1. The number of hydrogen-bond donors (Lipinski definition) is 1. The van der Waals surface area contributed by atoms with E-state index in [-0.39, 0.29) is 0 Å². The molecule has 0 amide bonds. The molecule has 0 unspecified atom stereocenters. The molecule has 0 aliphatic heterocycles. The molecule has 0 saturated heterocycles. The smallest absolute Gasteiger partial charge is 0.160 e. The molecule has 0 fully saturated rings. The van der Waals surface area contributed by atoms with Crippen molar-refractivity contribution in [3.8, 4) is 11.5 Å². The van der Waals surface area contributed by atoms with Crippen molar-refractivity contribution in [1.29, 1.82) is 0 Å². The van der Waals surface area contributed by atoms with E-state index in [0.29, 0.717) is 0 Å². The fourth-order valence-electron chi connectivity index (χ4n) is 1.41. The predicted molar refractivity (Wildman–Crippen MR) is 62.8 cm³/mol.